The van der Waals surface area contributed by atoms with Crippen LogP contribution < -0.4 is 10.1 Å². The maximum atomic E-state index is 12.1. The Balaban J connectivity index is 1.35. The first-order valence-corrected chi connectivity index (χ1v) is 9.77. The summed E-state index contributed by atoms with van der Waals surface area (Å²) < 4.78 is 10.8. The van der Waals surface area contributed by atoms with Crippen molar-refractivity contribution < 1.29 is 19.1 Å². The number of rotatable bonds is 9. The SMILES string of the molecule is Cc1ccc(CCC(=O)NCCOC(=O)c2ccc(Oc3cccnc3)cc2)cc1. The average molecular weight is 404 g/mol. The second-order valence-corrected chi connectivity index (χ2v) is 6.79. The maximum absolute atomic E-state index is 12.1. The van der Waals surface area contributed by atoms with Crippen LogP contribution in [0.25, 0.3) is 0 Å². The molecule has 0 saturated heterocycles. The van der Waals surface area contributed by atoms with Gasteiger partial charge < -0.3 is 14.8 Å². The van der Waals surface area contributed by atoms with Crippen LogP contribution in [0, 0.1) is 6.92 Å². The minimum atomic E-state index is -0.447. The number of hydrogen-bond acceptors (Lipinski definition) is 5. The Labute approximate surface area is 175 Å². The lowest BCUT2D eigenvalue weighted by atomic mass is 10.1. The predicted molar refractivity (Wildman–Crippen MR) is 114 cm³/mol. The van der Waals surface area contributed by atoms with Gasteiger partial charge in [-0.1, -0.05) is 29.8 Å². The molecule has 0 unspecified atom stereocenters. The van der Waals surface area contributed by atoms with Crippen LogP contribution in [0.5, 0.6) is 11.5 Å². The lowest BCUT2D eigenvalue weighted by molar-refractivity contribution is -0.121. The molecule has 6 nitrogen and oxygen atoms in total. The highest BCUT2D eigenvalue weighted by molar-refractivity contribution is 5.89. The number of amides is 1. The second kappa shape index (κ2) is 10.8. The fourth-order valence-corrected chi connectivity index (χ4v) is 2.72. The van der Waals surface area contributed by atoms with E-state index in [9.17, 15) is 9.59 Å². The molecule has 0 aliphatic carbocycles. The molecule has 0 fully saturated rings. The van der Waals surface area contributed by atoms with Crippen molar-refractivity contribution in [3.8, 4) is 11.5 Å². The molecule has 3 aromatic rings. The van der Waals surface area contributed by atoms with Gasteiger partial charge in [0.2, 0.25) is 5.91 Å². The van der Waals surface area contributed by atoms with Gasteiger partial charge >= 0.3 is 5.97 Å². The summed E-state index contributed by atoms with van der Waals surface area (Å²) in [5, 5.41) is 2.77. The zero-order valence-corrected chi connectivity index (χ0v) is 16.8. The van der Waals surface area contributed by atoms with Crippen molar-refractivity contribution in [3.63, 3.8) is 0 Å². The molecule has 0 bridgehead atoms. The summed E-state index contributed by atoms with van der Waals surface area (Å²) in [6.07, 6.45) is 4.35. The van der Waals surface area contributed by atoms with E-state index in [0.717, 1.165) is 5.56 Å². The molecule has 0 atom stereocenters. The standard InChI is InChI=1S/C24H24N2O4/c1-18-4-6-19(7-5-18)8-13-23(27)26-15-16-29-24(28)20-9-11-21(12-10-20)30-22-3-2-14-25-17-22/h2-7,9-12,14,17H,8,13,15-16H2,1H3,(H,26,27). The number of nitrogens with one attached hydrogen (secondary N) is 1. The highest BCUT2D eigenvalue weighted by atomic mass is 16.5. The Hall–Kier alpha value is -3.67. The Morgan fingerprint density at radius 3 is 2.43 bits per heavy atom. The molecule has 3 rings (SSSR count). The van der Waals surface area contributed by atoms with Gasteiger partial charge in [-0.3, -0.25) is 9.78 Å². The van der Waals surface area contributed by atoms with Crippen LogP contribution >= 0.6 is 0 Å². The van der Waals surface area contributed by atoms with E-state index in [2.05, 4.69) is 10.3 Å². The summed E-state index contributed by atoms with van der Waals surface area (Å²) >= 11 is 0. The van der Waals surface area contributed by atoms with Crippen molar-refractivity contribution in [2.45, 2.75) is 19.8 Å². The minimum Gasteiger partial charge on any atom is -0.460 e. The number of ether oxygens (including phenoxy) is 2. The Bertz CT molecular complexity index is 955. The third-order valence-corrected chi connectivity index (χ3v) is 4.38. The van der Waals surface area contributed by atoms with Crippen LogP contribution in [-0.2, 0) is 16.0 Å². The molecule has 6 heteroatoms. The van der Waals surface area contributed by atoms with Crippen molar-refractivity contribution in [3.05, 3.63) is 89.7 Å². The van der Waals surface area contributed by atoms with E-state index in [1.54, 1.807) is 48.8 Å². The van der Waals surface area contributed by atoms with Gasteiger partial charge in [-0.2, -0.15) is 0 Å². The number of aryl methyl sites for hydroxylation is 2. The summed E-state index contributed by atoms with van der Waals surface area (Å²) in [6, 6.07) is 18.3. The molecule has 1 heterocycles. The van der Waals surface area contributed by atoms with Crippen molar-refractivity contribution in [2.24, 2.45) is 0 Å². The van der Waals surface area contributed by atoms with E-state index in [-0.39, 0.29) is 19.1 Å². The first-order valence-electron chi connectivity index (χ1n) is 9.77. The molecule has 2 aromatic carbocycles. The first-order chi connectivity index (χ1) is 14.6. The number of aromatic nitrogens is 1. The van der Waals surface area contributed by atoms with Gasteiger partial charge in [0.15, 0.2) is 0 Å². The number of pyridine rings is 1. The lowest BCUT2D eigenvalue weighted by Crippen LogP contribution is -2.28. The molecule has 1 amide bonds. The topological polar surface area (TPSA) is 77.5 Å². The molecule has 1 N–H and O–H groups in total. The van der Waals surface area contributed by atoms with E-state index >= 15 is 0 Å². The molecule has 0 spiro atoms. The molecule has 0 aliphatic heterocycles. The molecular formula is C24H24N2O4. The molecule has 0 radical (unpaired) electrons. The van der Waals surface area contributed by atoms with Crippen molar-refractivity contribution in [2.75, 3.05) is 13.2 Å². The zero-order chi connectivity index (χ0) is 21.2. The molecule has 1 aromatic heterocycles. The average Bonchev–Trinajstić information content (AvgIpc) is 2.77. The van der Waals surface area contributed by atoms with Crippen molar-refractivity contribution in [1.82, 2.24) is 10.3 Å². The minimum absolute atomic E-state index is 0.0662. The molecule has 0 aliphatic rings. The molecular weight excluding hydrogens is 380 g/mol. The van der Waals surface area contributed by atoms with Crippen LogP contribution in [-0.4, -0.2) is 30.0 Å². The summed E-state index contributed by atoms with van der Waals surface area (Å²) in [5.41, 5.74) is 2.73. The summed E-state index contributed by atoms with van der Waals surface area (Å²) in [5.74, 6) is 0.701. The fourth-order valence-electron chi connectivity index (χ4n) is 2.72. The van der Waals surface area contributed by atoms with Crippen LogP contribution in [0.2, 0.25) is 0 Å². The predicted octanol–water partition coefficient (Wildman–Crippen LogP) is 4.09. The van der Waals surface area contributed by atoms with E-state index in [1.165, 1.54) is 5.56 Å². The third kappa shape index (κ3) is 6.74. The zero-order valence-electron chi connectivity index (χ0n) is 16.8. The first kappa shape index (κ1) is 21.0. The number of carbonyl (C=O) groups is 2. The Morgan fingerprint density at radius 2 is 1.73 bits per heavy atom. The smallest absolute Gasteiger partial charge is 0.338 e. The Kier molecular flexibility index (Phi) is 7.55. The fraction of sp³-hybridized carbons (Fsp3) is 0.208. The summed E-state index contributed by atoms with van der Waals surface area (Å²) in [4.78, 5) is 28.0. The number of carbonyl (C=O) groups excluding carboxylic acids is 2. The van der Waals surface area contributed by atoms with Crippen LogP contribution in [0.4, 0.5) is 0 Å². The van der Waals surface area contributed by atoms with Crippen molar-refractivity contribution in [1.29, 1.82) is 0 Å². The number of esters is 1. The van der Waals surface area contributed by atoms with Gasteiger partial charge in [0.25, 0.3) is 0 Å². The van der Waals surface area contributed by atoms with E-state index in [1.807, 2.05) is 31.2 Å². The summed E-state index contributed by atoms with van der Waals surface area (Å²) in [7, 11) is 0. The van der Waals surface area contributed by atoms with Crippen LogP contribution in [0.3, 0.4) is 0 Å². The van der Waals surface area contributed by atoms with Crippen LogP contribution in [0.1, 0.15) is 27.9 Å². The van der Waals surface area contributed by atoms with Gasteiger partial charge in [0.05, 0.1) is 18.3 Å². The van der Waals surface area contributed by atoms with Gasteiger partial charge in [0, 0.05) is 12.6 Å². The maximum Gasteiger partial charge on any atom is 0.338 e. The molecule has 30 heavy (non-hydrogen) atoms. The quantitative estimate of drug-likeness (QED) is 0.429. The van der Waals surface area contributed by atoms with E-state index < -0.39 is 5.97 Å². The normalized spacial score (nSPS) is 10.3. The van der Waals surface area contributed by atoms with E-state index in [4.69, 9.17) is 9.47 Å². The number of nitrogens with zero attached hydrogens (tertiary/aromatic N) is 1. The lowest BCUT2D eigenvalue weighted by Gasteiger charge is -2.08. The number of benzene rings is 2. The second-order valence-electron chi connectivity index (χ2n) is 6.79. The highest BCUT2D eigenvalue weighted by Gasteiger charge is 2.08. The summed E-state index contributed by atoms with van der Waals surface area (Å²) in [6.45, 7) is 2.42. The highest BCUT2D eigenvalue weighted by Crippen LogP contribution is 2.20. The molecule has 154 valence electrons. The Morgan fingerprint density at radius 1 is 0.967 bits per heavy atom. The molecule has 0 saturated carbocycles. The van der Waals surface area contributed by atoms with Crippen LogP contribution in [0.15, 0.2) is 73.1 Å². The van der Waals surface area contributed by atoms with Gasteiger partial charge in [-0.05, 0) is 55.3 Å². The monoisotopic (exact) mass is 404 g/mol. The van der Waals surface area contributed by atoms with Gasteiger partial charge in [-0.15, -0.1) is 0 Å². The van der Waals surface area contributed by atoms with E-state index in [0.29, 0.717) is 29.9 Å². The number of hydrogen-bond donors (Lipinski definition) is 1. The third-order valence-electron chi connectivity index (χ3n) is 4.38. The van der Waals surface area contributed by atoms with Crippen molar-refractivity contribution >= 4 is 11.9 Å². The van der Waals surface area contributed by atoms with Gasteiger partial charge in [0.1, 0.15) is 18.1 Å². The largest absolute Gasteiger partial charge is 0.460 e. The van der Waals surface area contributed by atoms with Gasteiger partial charge in [-0.25, -0.2) is 4.79 Å².